The molecule has 0 bridgehead atoms. The van der Waals surface area contributed by atoms with Crippen LogP contribution in [0.15, 0.2) is 24.3 Å². The van der Waals surface area contributed by atoms with E-state index < -0.39 is 10.0 Å². The predicted octanol–water partition coefficient (Wildman–Crippen LogP) is 1.86. The zero-order valence-corrected chi connectivity index (χ0v) is 17.1. The maximum Gasteiger partial charge on any atom is 0.220 e. The van der Waals surface area contributed by atoms with Gasteiger partial charge in [0.05, 0.1) is 6.26 Å². The summed E-state index contributed by atoms with van der Waals surface area (Å²) in [7, 11) is 0.914. The van der Waals surface area contributed by atoms with Crippen LogP contribution < -0.4 is 10.2 Å². The van der Waals surface area contributed by atoms with Gasteiger partial charge in [-0.05, 0) is 49.8 Å². The Morgan fingerprint density at radius 1 is 1.23 bits per heavy atom. The van der Waals surface area contributed by atoms with Gasteiger partial charge in [0.1, 0.15) is 0 Å². The van der Waals surface area contributed by atoms with Gasteiger partial charge in [0.15, 0.2) is 0 Å². The quantitative estimate of drug-likeness (QED) is 0.783. The Hall–Kier alpha value is -1.60. The van der Waals surface area contributed by atoms with E-state index in [4.69, 9.17) is 0 Å². The molecule has 6 nitrogen and oxygen atoms in total. The second-order valence-corrected chi connectivity index (χ2v) is 9.53. The molecule has 0 aliphatic carbocycles. The van der Waals surface area contributed by atoms with Crippen LogP contribution in [0.1, 0.15) is 31.7 Å². The predicted molar refractivity (Wildman–Crippen MR) is 106 cm³/mol. The van der Waals surface area contributed by atoms with E-state index in [2.05, 4.69) is 34.5 Å². The van der Waals surface area contributed by atoms with Gasteiger partial charge in [0.2, 0.25) is 15.9 Å². The molecule has 1 amide bonds. The zero-order chi connectivity index (χ0) is 19.3. The number of piperidine rings is 1. The fourth-order valence-electron chi connectivity index (χ4n) is 3.38. The zero-order valence-electron chi connectivity index (χ0n) is 16.2. The van der Waals surface area contributed by atoms with E-state index in [0.717, 1.165) is 24.9 Å². The van der Waals surface area contributed by atoms with E-state index in [1.807, 2.05) is 21.0 Å². The van der Waals surface area contributed by atoms with Crippen LogP contribution in [0.25, 0.3) is 0 Å². The Bertz CT molecular complexity index is 693. The lowest BCUT2D eigenvalue weighted by Gasteiger charge is -2.30. The van der Waals surface area contributed by atoms with Crippen LogP contribution in [0.2, 0.25) is 0 Å². The van der Waals surface area contributed by atoms with Crippen molar-refractivity contribution in [2.24, 2.45) is 5.92 Å². The number of carbonyl (C=O) groups is 1. The fraction of sp³-hybridized carbons (Fsp3) is 0.632. The molecule has 146 valence electrons. The smallest absolute Gasteiger partial charge is 0.220 e. The number of rotatable bonds is 7. The molecule has 26 heavy (non-hydrogen) atoms. The highest BCUT2D eigenvalue weighted by molar-refractivity contribution is 7.88. The van der Waals surface area contributed by atoms with Gasteiger partial charge in [0.25, 0.3) is 0 Å². The van der Waals surface area contributed by atoms with Crippen LogP contribution >= 0.6 is 0 Å². The van der Waals surface area contributed by atoms with E-state index in [-0.39, 0.29) is 17.9 Å². The maximum atomic E-state index is 12.3. The highest BCUT2D eigenvalue weighted by atomic mass is 32.2. The van der Waals surface area contributed by atoms with Crippen molar-refractivity contribution in [2.45, 2.75) is 38.6 Å². The van der Waals surface area contributed by atoms with Crippen molar-refractivity contribution < 1.29 is 13.2 Å². The average Bonchev–Trinajstić information content (AvgIpc) is 2.54. The summed E-state index contributed by atoms with van der Waals surface area (Å²) in [5.74, 6) is 0.319. The molecule has 1 aromatic carbocycles. The van der Waals surface area contributed by atoms with Gasteiger partial charge < -0.3 is 10.2 Å². The molecule has 0 radical (unpaired) electrons. The molecule has 2 rings (SSSR count). The van der Waals surface area contributed by atoms with Crippen LogP contribution in [-0.2, 0) is 21.2 Å². The topological polar surface area (TPSA) is 69.7 Å². The third-order valence-electron chi connectivity index (χ3n) is 4.92. The summed E-state index contributed by atoms with van der Waals surface area (Å²) in [5, 5.41) is 3.07. The average molecular weight is 382 g/mol. The van der Waals surface area contributed by atoms with Crippen molar-refractivity contribution in [3.8, 4) is 0 Å². The number of hydrogen-bond donors (Lipinski definition) is 1. The summed E-state index contributed by atoms with van der Waals surface area (Å²) in [6.07, 6.45) is 4.02. The molecule has 1 N–H and O–H groups in total. The standard InChI is InChI=1S/C19H31N3O3S/c1-15(13-16-5-7-18(8-6-16)21(2)3)20-19(23)14-17-9-11-22(12-10-17)26(4,24)25/h5-8,15,17H,9-14H2,1-4H3,(H,20,23). The van der Waals surface area contributed by atoms with Gasteiger partial charge in [0, 0.05) is 45.3 Å². The molecule has 1 aliphatic rings. The van der Waals surface area contributed by atoms with Crippen LogP contribution in [0.5, 0.6) is 0 Å². The van der Waals surface area contributed by atoms with Crippen LogP contribution in [0.3, 0.4) is 0 Å². The van der Waals surface area contributed by atoms with Gasteiger partial charge in [-0.15, -0.1) is 0 Å². The van der Waals surface area contributed by atoms with Crippen molar-refractivity contribution in [1.82, 2.24) is 9.62 Å². The van der Waals surface area contributed by atoms with Gasteiger partial charge in [-0.1, -0.05) is 12.1 Å². The minimum Gasteiger partial charge on any atom is -0.378 e. The minimum absolute atomic E-state index is 0.0558. The van der Waals surface area contributed by atoms with Gasteiger partial charge in [-0.2, -0.15) is 0 Å². The second-order valence-electron chi connectivity index (χ2n) is 7.54. The van der Waals surface area contributed by atoms with E-state index in [0.29, 0.717) is 19.5 Å². The molecule has 1 heterocycles. The highest BCUT2D eigenvalue weighted by Crippen LogP contribution is 2.22. The lowest BCUT2D eigenvalue weighted by molar-refractivity contribution is -0.122. The van der Waals surface area contributed by atoms with Crippen LogP contribution in [-0.4, -0.2) is 58.1 Å². The molecule has 1 atom stereocenters. The molecule has 1 unspecified atom stereocenters. The highest BCUT2D eigenvalue weighted by Gasteiger charge is 2.26. The Labute approximate surface area is 157 Å². The Balaban J connectivity index is 1.75. The lowest BCUT2D eigenvalue weighted by Crippen LogP contribution is -2.40. The summed E-state index contributed by atoms with van der Waals surface area (Å²) < 4.78 is 24.6. The summed E-state index contributed by atoms with van der Waals surface area (Å²) in [6.45, 7) is 3.05. The number of amides is 1. The third-order valence-corrected chi connectivity index (χ3v) is 6.22. The first-order valence-corrected chi connectivity index (χ1v) is 11.0. The molecule has 1 aliphatic heterocycles. The molecule has 0 saturated carbocycles. The number of nitrogens with one attached hydrogen (secondary N) is 1. The number of carbonyl (C=O) groups excluding carboxylic acids is 1. The van der Waals surface area contributed by atoms with Gasteiger partial charge in [-0.25, -0.2) is 12.7 Å². The third kappa shape index (κ3) is 6.29. The van der Waals surface area contributed by atoms with Crippen molar-refractivity contribution in [2.75, 3.05) is 38.3 Å². The number of benzene rings is 1. The van der Waals surface area contributed by atoms with E-state index in [9.17, 15) is 13.2 Å². The summed E-state index contributed by atoms with van der Waals surface area (Å²) in [5.41, 5.74) is 2.36. The Kier molecular flexibility index (Phi) is 7.06. The first-order chi connectivity index (χ1) is 12.1. The normalized spacial score (nSPS) is 17.7. The first-order valence-electron chi connectivity index (χ1n) is 9.16. The minimum atomic E-state index is -3.11. The molecule has 1 saturated heterocycles. The van der Waals surface area contributed by atoms with E-state index >= 15 is 0 Å². The van der Waals surface area contributed by atoms with Crippen LogP contribution in [0, 0.1) is 5.92 Å². The second kappa shape index (κ2) is 8.86. The molecule has 0 spiro atoms. The maximum absolute atomic E-state index is 12.3. The van der Waals surface area contributed by atoms with Crippen molar-refractivity contribution in [1.29, 1.82) is 0 Å². The molecular formula is C19H31N3O3S. The molecule has 7 heteroatoms. The fourth-order valence-corrected chi connectivity index (χ4v) is 4.25. The van der Waals surface area contributed by atoms with Gasteiger partial charge >= 0.3 is 0 Å². The number of sulfonamides is 1. The van der Waals surface area contributed by atoms with Crippen LogP contribution in [0.4, 0.5) is 5.69 Å². The number of anilines is 1. The van der Waals surface area contributed by atoms with Crippen molar-refractivity contribution in [3.05, 3.63) is 29.8 Å². The van der Waals surface area contributed by atoms with E-state index in [1.54, 1.807) is 0 Å². The van der Waals surface area contributed by atoms with Gasteiger partial charge in [-0.3, -0.25) is 4.79 Å². The van der Waals surface area contributed by atoms with Crippen molar-refractivity contribution in [3.63, 3.8) is 0 Å². The summed E-state index contributed by atoms with van der Waals surface area (Å²) in [6, 6.07) is 8.43. The Morgan fingerprint density at radius 2 is 1.81 bits per heavy atom. The summed E-state index contributed by atoms with van der Waals surface area (Å²) >= 11 is 0. The largest absolute Gasteiger partial charge is 0.378 e. The Morgan fingerprint density at radius 3 is 2.31 bits per heavy atom. The molecule has 1 fully saturated rings. The lowest BCUT2D eigenvalue weighted by atomic mass is 9.94. The SMILES string of the molecule is CC(Cc1ccc(N(C)C)cc1)NC(=O)CC1CCN(S(C)(=O)=O)CC1. The van der Waals surface area contributed by atoms with E-state index in [1.165, 1.54) is 16.1 Å². The molecule has 1 aromatic rings. The van der Waals surface area contributed by atoms with Crippen molar-refractivity contribution >= 4 is 21.6 Å². The summed E-state index contributed by atoms with van der Waals surface area (Å²) in [4.78, 5) is 14.3. The molecule has 0 aromatic heterocycles. The number of hydrogen-bond acceptors (Lipinski definition) is 4. The number of nitrogens with zero attached hydrogens (tertiary/aromatic N) is 2. The molecular weight excluding hydrogens is 350 g/mol. The monoisotopic (exact) mass is 381 g/mol. The first kappa shape index (κ1) is 20.7.